The van der Waals surface area contributed by atoms with E-state index in [2.05, 4.69) is 5.32 Å². The van der Waals surface area contributed by atoms with Crippen molar-refractivity contribution in [1.82, 2.24) is 5.32 Å². The number of aliphatic carboxylic acids is 1. The van der Waals surface area contributed by atoms with E-state index in [1.54, 1.807) is 0 Å². The SMILES string of the molecule is O=C(CCOC1CCOCC1)NC(C(=O)O)C1CC1. The zero-order valence-electron chi connectivity index (χ0n) is 11.0. The van der Waals surface area contributed by atoms with Gasteiger partial charge < -0.3 is 19.9 Å². The number of carbonyl (C=O) groups excluding carboxylic acids is 1. The van der Waals surface area contributed by atoms with Gasteiger partial charge in [-0.15, -0.1) is 0 Å². The van der Waals surface area contributed by atoms with Crippen molar-refractivity contribution >= 4 is 11.9 Å². The van der Waals surface area contributed by atoms with Crippen molar-refractivity contribution in [1.29, 1.82) is 0 Å². The van der Waals surface area contributed by atoms with Crippen LogP contribution in [0.3, 0.4) is 0 Å². The minimum absolute atomic E-state index is 0.109. The molecule has 1 unspecified atom stereocenters. The monoisotopic (exact) mass is 271 g/mol. The predicted octanol–water partition coefficient (Wildman–Crippen LogP) is 0.551. The van der Waals surface area contributed by atoms with E-state index in [0.717, 1.165) is 25.7 Å². The summed E-state index contributed by atoms with van der Waals surface area (Å²) >= 11 is 0. The van der Waals surface area contributed by atoms with E-state index in [1.807, 2.05) is 0 Å². The number of rotatable bonds is 7. The lowest BCUT2D eigenvalue weighted by molar-refractivity contribution is -0.142. The molecule has 0 aromatic carbocycles. The molecular formula is C13H21NO5. The first kappa shape index (κ1) is 14.3. The Hall–Kier alpha value is -1.14. The fourth-order valence-electron chi connectivity index (χ4n) is 2.22. The van der Waals surface area contributed by atoms with Crippen LogP contribution in [0, 0.1) is 5.92 Å². The fourth-order valence-corrected chi connectivity index (χ4v) is 2.22. The molecule has 6 heteroatoms. The van der Waals surface area contributed by atoms with Crippen LogP contribution in [0.4, 0.5) is 0 Å². The third-order valence-corrected chi connectivity index (χ3v) is 3.53. The molecule has 0 radical (unpaired) electrons. The Kier molecular flexibility index (Phi) is 5.15. The molecule has 0 aromatic heterocycles. The molecule has 1 aliphatic heterocycles. The summed E-state index contributed by atoms with van der Waals surface area (Å²) in [7, 11) is 0. The lowest BCUT2D eigenvalue weighted by Gasteiger charge is -2.22. The van der Waals surface area contributed by atoms with Gasteiger partial charge in [0, 0.05) is 19.6 Å². The molecule has 0 spiro atoms. The second-order valence-corrected chi connectivity index (χ2v) is 5.15. The highest BCUT2D eigenvalue weighted by Gasteiger charge is 2.37. The molecule has 1 saturated heterocycles. The normalized spacial score (nSPS) is 21.9. The van der Waals surface area contributed by atoms with Crippen molar-refractivity contribution < 1.29 is 24.2 Å². The van der Waals surface area contributed by atoms with Crippen LogP contribution in [0.5, 0.6) is 0 Å². The summed E-state index contributed by atoms with van der Waals surface area (Å²) in [5.74, 6) is -1.08. The maximum atomic E-state index is 11.7. The molecule has 2 fully saturated rings. The van der Waals surface area contributed by atoms with E-state index in [0.29, 0.717) is 19.8 Å². The van der Waals surface area contributed by atoms with E-state index >= 15 is 0 Å². The van der Waals surface area contributed by atoms with Gasteiger partial charge in [-0.05, 0) is 31.6 Å². The quantitative estimate of drug-likeness (QED) is 0.706. The minimum Gasteiger partial charge on any atom is -0.480 e. The third kappa shape index (κ3) is 4.80. The van der Waals surface area contributed by atoms with Gasteiger partial charge in [-0.25, -0.2) is 4.79 Å². The molecular weight excluding hydrogens is 250 g/mol. The highest BCUT2D eigenvalue weighted by molar-refractivity contribution is 5.84. The molecule has 1 atom stereocenters. The van der Waals surface area contributed by atoms with Gasteiger partial charge in [0.2, 0.25) is 5.91 Å². The molecule has 6 nitrogen and oxygen atoms in total. The summed E-state index contributed by atoms with van der Waals surface area (Å²) in [6.45, 7) is 1.76. The first-order valence-corrected chi connectivity index (χ1v) is 6.88. The molecule has 108 valence electrons. The average molecular weight is 271 g/mol. The smallest absolute Gasteiger partial charge is 0.326 e. The Morgan fingerprint density at radius 1 is 1.26 bits per heavy atom. The van der Waals surface area contributed by atoms with Gasteiger partial charge in [0.05, 0.1) is 12.7 Å². The largest absolute Gasteiger partial charge is 0.480 e. The highest BCUT2D eigenvalue weighted by atomic mass is 16.5. The number of hydrogen-bond donors (Lipinski definition) is 2. The summed E-state index contributed by atoms with van der Waals surface area (Å²) in [5, 5.41) is 11.6. The molecule has 2 rings (SSSR count). The lowest BCUT2D eigenvalue weighted by Crippen LogP contribution is -2.42. The Morgan fingerprint density at radius 2 is 1.95 bits per heavy atom. The maximum absolute atomic E-state index is 11.7. The highest BCUT2D eigenvalue weighted by Crippen LogP contribution is 2.32. The average Bonchev–Trinajstić information content (AvgIpc) is 3.21. The second kappa shape index (κ2) is 6.86. The fraction of sp³-hybridized carbons (Fsp3) is 0.846. The summed E-state index contributed by atoms with van der Waals surface area (Å²) < 4.78 is 10.8. The maximum Gasteiger partial charge on any atom is 0.326 e. The molecule has 1 aliphatic carbocycles. The van der Waals surface area contributed by atoms with Crippen molar-refractivity contribution in [2.75, 3.05) is 19.8 Å². The van der Waals surface area contributed by atoms with Crippen LogP contribution in [0.2, 0.25) is 0 Å². The molecule has 1 saturated carbocycles. The van der Waals surface area contributed by atoms with Crippen LogP contribution >= 0.6 is 0 Å². The van der Waals surface area contributed by atoms with Gasteiger partial charge in [-0.1, -0.05) is 0 Å². The molecule has 19 heavy (non-hydrogen) atoms. The van der Waals surface area contributed by atoms with Crippen LogP contribution in [-0.2, 0) is 19.1 Å². The molecule has 2 N–H and O–H groups in total. The summed E-state index contributed by atoms with van der Waals surface area (Å²) in [4.78, 5) is 22.6. The number of nitrogens with one attached hydrogen (secondary N) is 1. The minimum atomic E-state index is -0.943. The third-order valence-electron chi connectivity index (χ3n) is 3.53. The number of ether oxygens (including phenoxy) is 2. The Bertz CT molecular complexity index is 323. The molecule has 0 bridgehead atoms. The molecule has 1 amide bonds. The number of hydrogen-bond acceptors (Lipinski definition) is 4. The van der Waals surface area contributed by atoms with Crippen molar-refractivity contribution in [3.63, 3.8) is 0 Å². The number of carboxylic acid groups (broad SMARTS) is 1. The van der Waals surface area contributed by atoms with Gasteiger partial charge in [-0.2, -0.15) is 0 Å². The standard InChI is InChI=1S/C13H21NO5/c15-11(14-12(13(16)17)9-1-2-9)5-8-19-10-3-6-18-7-4-10/h9-10,12H,1-8H2,(H,14,15)(H,16,17). The first-order chi connectivity index (χ1) is 9.16. The first-order valence-electron chi connectivity index (χ1n) is 6.88. The van der Waals surface area contributed by atoms with Crippen molar-refractivity contribution in [3.05, 3.63) is 0 Å². The van der Waals surface area contributed by atoms with Gasteiger partial charge in [-0.3, -0.25) is 4.79 Å². The van der Waals surface area contributed by atoms with Gasteiger partial charge in [0.25, 0.3) is 0 Å². The Balaban J connectivity index is 1.62. The van der Waals surface area contributed by atoms with Crippen LogP contribution in [0.15, 0.2) is 0 Å². The van der Waals surface area contributed by atoms with E-state index in [4.69, 9.17) is 14.6 Å². The van der Waals surface area contributed by atoms with E-state index < -0.39 is 12.0 Å². The Morgan fingerprint density at radius 3 is 2.53 bits per heavy atom. The number of carboxylic acids is 1. The second-order valence-electron chi connectivity index (χ2n) is 5.15. The van der Waals surface area contributed by atoms with Crippen LogP contribution in [0.25, 0.3) is 0 Å². The zero-order valence-corrected chi connectivity index (χ0v) is 11.0. The van der Waals surface area contributed by atoms with Crippen LogP contribution in [-0.4, -0.2) is 48.9 Å². The molecule has 0 aromatic rings. The molecule has 2 aliphatic rings. The summed E-state index contributed by atoms with van der Waals surface area (Å²) in [6, 6.07) is -0.726. The van der Waals surface area contributed by atoms with Crippen LogP contribution in [0.1, 0.15) is 32.1 Å². The number of carbonyl (C=O) groups is 2. The zero-order chi connectivity index (χ0) is 13.7. The van der Waals surface area contributed by atoms with Gasteiger partial charge in [0.1, 0.15) is 6.04 Å². The van der Waals surface area contributed by atoms with E-state index in [1.165, 1.54) is 0 Å². The van der Waals surface area contributed by atoms with Crippen LogP contribution < -0.4 is 5.32 Å². The Labute approximate surface area is 112 Å². The predicted molar refractivity (Wildman–Crippen MR) is 66.7 cm³/mol. The number of amides is 1. The lowest BCUT2D eigenvalue weighted by atomic mass is 10.1. The summed E-state index contributed by atoms with van der Waals surface area (Å²) in [6.07, 6.45) is 3.88. The molecule has 1 heterocycles. The van der Waals surface area contributed by atoms with E-state index in [-0.39, 0.29) is 24.3 Å². The summed E-state index contributed by atoms with van der Waals surface area (Å²) in [5.41, 5.74) is 0. The van der Waals surface area contributed by atoms with Crippen molar-refractivity contribution in [2.24, 2.45) is 5.92 Å². The van der Waals surface area contributed by atoms with Gasteiger partial charge >= 0.3 is 5.97 Å². The topological polar surface area (TPSA) is 84.9 Å². The van der Waals surface area contributed by atoms with Gasteiger partial charge in [0.15, 0.2) is 0 Å². The van der Waals surface area contributed by atoms with E-state index in [9.17, 15) is 9.59 Å². The van der Waals surface area contributed by atoms with Crippen molar-refractivity contribution in [3.8, 4) is 0 Å². The van der Waals surface area contributed by atoms with Crippen molar-refractivity contribution in [2.45, 2.75) is 44.2 Å².